The van der Waals surface area contributed by atoms with Gasteiger partial charge in [-0.1, -0.05) is 22.9 Å². The first-order valence-corrected chi connectivity index (χ1v) is 11.0. The number of fused-ring (bicyclic) bond motifs is 1. The van der Waals surface area contributed by atoms with E-state index in [4.69, 9.17) is 5.73 Å². The van der Waals surface area contributed by atoms with E-state index in [1.54, 1.807) is 44.3 Å². The van der Waals surface area contributed by atoms with Crippen LogP contribution in [0.1, 0.15) is 23.7 Å². The van der Waals surface area contributed by atoms with Crippen molar-refractivity contribution in [3.8, 4) is 6.07 Å². The minimum atomic E-state index is -3.80. The fourth-order valence-electron chi connectivity index (χ4n) is 3.57. The number of aromatic nitrogens is 3. The molecule has 32 heavy (non-hydrogen) atoms. The number of nitrogens with zero attached hydrogens (tertiary/aromatic N) is 5. The molecule has 0 saturated heterocycles. The Labute approximate surface area is 185 Å². The summed E-state index contributed by atoms with van der Waals surface area (Å²) in [6.45, 7) is 3.40. The predicted octanol–water partition coefficient (Wildman–Crippen LogP) is 4.16. The molecule has 1 aliphatic rings. The zero-order chi connectivity index (χ0) is 23.0. The third-order valence-corrected chi connectivity index (χ3v) is 6.87. The molecular weight excluding hydrogens is 433 g/mol. The summed E-state index contributed by atoms with van der Waals surface area (Å²) < 4.78 is 38.4. The van der Waals surface area contributed by atoms with Crippen LogP contribution in [-0.4, -0.2) is 30.1 Å². The number of hydrogen-bond donors (Lipinski definition) is 4. The molecule has 2 aromatic heterocycles. The number of aryl methyl sites for hydroxylation is 1. The number of nitrogen functional groups attached to an aromatic ring is 1. The van der Waals surface area contributed by atoms with Crippen LogP contribution in [0.15, 0.2) is 53.3 Å². The van der Waals surface area contributed by atoms with Gasteiger partial charge in [0.15, 0.2) is 0 Å². The third-order valence-electron chi connectivity index (χ3n) is 4.96. The molecule has 11 heteroatoms. The van der Waals surface area contributed by atoms with E-state index in [0.717, 1.165) is 0 Å². The summed E-state index contributed by atoms with van der Waals surface area (Å²) in [4.78, 5) is 12.0. The molecule has 0 aliphatic carbocycles. The molecule has 3 aromatic rings. The summed E-state index contributed by atoms with van der Waals surface area (Å²) >= 11 is 0. The van der Waals surface area contributed by atoms with Crippen LogP contribution in [-0.2, 0) is 0 Å². The van der Waals surface area contributed by atoms with Crippen molar-refractivity contribution in [3.05, 3.63) is 71.1 Å². The lowest BCUT2D eigenvalue weighted by molar-refractivity contribution is 0.471. The zero-order valence-electron chi connectivity index (χ0n) is 17.2. The van der Waals surface area contributed by atoms with Gasteiger partial charge in [-0.25, -0.2) is 13.7 Å². The van der Waals surface area contributed by atoms with E-state index >= 15 is 0 Å². The second-order valence-corrected chi connectivity index (χ2v) is 8.93. The number of rotatable bonds is 4. The smallest absolute Gasteiger partial charge is 0.222 e. The van der Waals surface area contributed by atoms with Gasteiger partial charge in [0, 0.05) is 11.8 Å². The van der Waals surface area contributed by atoms with Crippen molar-refractivity contribution in [2.24, 2.45) is 0 Å². The van der Waals surface area contributed by atoms with Crippen molar-refractivity contribution in [2.75, 3.05) is 15.4 Å². The van der Waals surface area contributed by atoms with E-state index in [1.807, 2.05) is 0 Å². The molecular formula is C21H20FN7O2S. The van der Waals surface area contributed by atoms with Crippen LogP contribution in [0.4, 0.5) is 21.8 Å². The normalized spacial score (nSPS) is 16.4. The highest BCUT2D eigenvalue weighted by atomic mass is 32.3. The fraction of sp³-hybridized carbons (Fsp3) is 0.143. The predicted molar refractivity (Wildman–Crippen MR) is 121 cm³/mol. The van der Waals surface area contributed by atoms with Gasteiger partial charge >= 0.3 is 0 Å². The van der Waals surface area contributed by atoms with Crippen LogP contribution < -0.4 is 15.4 Å². The van der Waals surface area contributed by atoms with Gasteiger partial charge in [-0.2, -0.15) is 10.2 Å². The van der Waals surface area contributed by atoms with Crippen LogP contribution in [0.3, 0.4) is 0 Å². The molecule has 5 N–H and O–H groups in total. The first kappa shape index (κ1) is 21.5. The molecule has 1 aromatic carbocycles. The minimum absolute atomic E-state index is 0.00496. The number of anilines is 3. The summed E-state index contributed by atoms with van der Waals surface area (Å²) in [6, 6.07) is 9.02. The Morgan fingerprint density at radius 3 is 2.72 bits per heavy atom. The Kier molecular flexibility index (Phi) is 5.43. The number of nitrogens with two attached hydrogens (primary N) is 1. The molecule has 4 rings (SSSR count). The second kappa shape index (κ2) is 8.08. The van der Waals surface area contributed by atoms with E-state index in [9.17, 15) is 18.8 Å². The summed E-state index contributed by atoms with van der Waals surface area (Å²) in [7, 11) is -3.80. The van der Waals surface area contributed by atoms with Crippen LogP contribution in [0.5, 0.6) is 0 Å². The standard InChI is InChI=1S/C21H20FN7O2S/c1-12-16(10-23)20(28-21(24)27-12)26-13(2)18-9-14-5-3-7-17(22)19(14)32(30,31)29(18)15-6-4-8-25-11-15/h3-9,11,13,30-31H,1-2H3,(H3,24,26,27,28)/t13-/m0/s1. The lowest BCUT2D eigenvalue weighted by atomic mass is 10.1. The Morgan fingerprint density at radius 2 is 2.03 bits per heavy atom. The van der Waals surface area contributed by atoms with Crippen LogP contribution in [0.2, 0.25) is 0 Å². The molecule has 1 atom stereocenters. The number of halogens is 1. The average molecular weight is 454 g/mol. The van der Waals surface area contributed by atoms with Crippen LogP contribution in [0.25, 0.3) is 6.08 Å². The molecule has 0 spiro atoms. The number of pyridine rings is 1. The average Bonchev–Trinajstić information content (AvgIpc) is 2.73. The van der Waals surface area contributed by atoms with Gasteiger partial charge in [0.05, 0.1) is 29.3 Å². The van der Waals surface area contributed by atoms with E-state index in [0.29, 0.717) is 22.6 Å². The number of nitrogens with one attached hydrogen (secondary N) is 1. The molecule has 0 radical (unpaired) electrons. The van der Waals surface area contributed by atoms with Crippen molar-refractivity contribution in [1.82, 2.24) is 15.0 Å². The van der Waals surface area contributed by atoms with Crippen molar-refractivity contribution in [2.45, 2.75) is 24.8 Å². The summed E-state index contributed by atoms with van der Waals surface area (Å²) in [5, 5.41) is 12.6. The van der Waals surface area contributed by atoms with E-state index in [1.165, 1.54) is 22.6 Å². The first-order valence-electron chi connectivity index (χ1n) is 9.53. The Hall–Kier alpha value is -3.72. The van der Waals surface area contributed by atoms with Gasteiger partial charge in [-0.05, 0) is 38.1 Å². The number of hydrogen-bond acceptors (Lipinski definition) is 9. The highest BCUT2D eigenvalue weighted by Crippen LogP contribution is 2.60. The molecule has 3 heterocycles. The fourth-order valence-corrected chi connectivity index (χ4v) is 5.43. The lowest BCUT2D eigenvalue weighted by Crippen LogP contribution is -2.38. The molecule has 0 amide bonds. The van der Waals surface area contributed by atoms with Crippen molar-refractivity contribution in [1.29, 1.82) is 5.26 Å². The Balaban J connectivity index is 1.86. The monoisotopic (exact) mass is 453 g/mol. The largest absolute Gasteiger partial charge is 0.368 e. The van der Waals surface area contributed by atoms with Gasteiger partial charge in [0.1, 0.15) is 28.2 Å². The maximum absolute atomic E-state index is 14.7. The van der Waals surface area contributed by atoms with Gasteiger partial charge in [0.25, 0.3) is 0 Å². The second-order valence-electron chi connectivity index (χ2n) is 7.12. The SMILES string of the molecule is Cc1nc(N)nc(N[C@@H](C)C2=Cc3cccc(F)c3S(O)(O)N2c2cccnc2)c1C#N. The Bertz CT molecular complexity index is 1260. The quantitative estimate of drug-likeness (QED) is 0.457. The first-order chi connectivity index (χ1) is 15.2. The molecule has 1 aliphatic heterocycles. The van der Waals surface area contributed by atoms with Crippen molar-refractivity contribution in [3.63, 3.8) is 0 Å². The zero-order valence-corrected chi connectivity index (χ0v) is 18.0. The maximum Gasteiger partial charge on any atom is 0.222 e. The highest BCUT2D eigenvalue weighted by Gasteiger charge is 2.38. The van der Waals surface area contributed by atoms with Gasteiger partial charge < -0.3 is 11.1 Å². The third kappa shape index (κ3) is 3.60. The van der Waals surface area contributed by atoms with E-state index in [-0.39, 0.29) is 22.2 Å². The lowest BCUT2D eigenvalue weighted by Gasteiger charge is -2.49. The minimum Gasteiger partial charge on any atom is -0.368 e. The maximum atomic E-state index is 14.7. The molecule has 9 nitrogen and oxygen atoms in total. The van der Waals surface area contributed by atoms with Gasteiger partial charge in [0.2, 0.25) is 5.95 Å². The van der Waals surface area contributed by atoms with Crippen molar-refractivity contribution >= 4 is 34.3 Å². The molecule has 0 unspecified atom stereocenters. The summed E-state index contributed by atoms with van der Waals surface area (Å²) in [5.74, 6) is -0.522. The highest BCUT2D eigenvalue weighted by molar-refractivity contribution is 8.25. The summed E-state index contributed by atoms with van der Waals surface area (Å²) in [6.07, 6.45) is 4.66. The van der Waals surface area contributed by atoms with E-state index in [2.05, 4.69) is 26.3 Å². The number of nitriles is 1. The van der Waals surface area contributed by atoms with Crippen molar-refractivity contribution < 1.29 is 13.5 Å². The molecule has 0 fully saturated rings. The van der Waals surface area contributed by atoms with Crippen LogP contribution >= 0.6 is 10.8 Å². The van der Waals surface area contributed by atoms with Gasteiger partial charge in [-0.3, -0.25) is 14.1 Å². The van der Waals surface area contributed by atoms with Crippen LogP contribution in [0, 0.1) is 24.1 Å². The molecule has 0 bridgehead atoms. The molecule has 164 valence electrons. The number of benzene rings is 1. The van der Waals surface area contributed by atoms with Gasteiger partial charge in [-0.15, -0.1) is 0 Å². The summed E-state index contributed by atoms with van der Waals surface area (Å²) in [5.41, 5.74) is 7.50. The Morgan fingerprint density at radius 1 is 1.25 bits per heavy atom. The van der Waals surface area contributed by atoms with E-state index < -0.39 is 22.6 Å². The topological polar surface area (TPSA) is 144 Å². The molecule has 0 saturated carbocycles.